The molecule has 1 fully saturated rings. The van der Waals surface area contributed by atoms with Gasteiger partial charge in [-0.05, 0) is 37.5 Å². The van der Waals surface area contributed by atoms with Crippen molar-refractivity contribution in [2.45, 2.75) is 50.9 Å². The van der Waals surface area contributed by atoms with Crippen LogP contribution in [-0.2, 0) is 11.8 Å². The molecule has 0 spiro atoms. The van der Waals surface area contributed by atoms with Crippen LogP contribution in [0.3, 0.4) is 0 Å². The predicted octanol–water partition coefficient (Wildman–Crippen LogP) is 4.05. The van der Waals surface area contributed by atoms with Crippen molar-refractivity contribution < 1.29 is 14.3 Å². The maximum Gasteiger partial charge on any atom is 0.374 e. The Hall–Kier alpha value is -4.06. The number of carbonyl (C=O) groups excluding carboxylic acids is 1. The van der Waals surface area contributed by atoms with Crippen LogP contribution in [0, 0.1) is 11.3 Å². The number of ether oxygens (including phenoxy) is 2. The predicted molar refractivity (Wildman–Crippen MR) is 128 cm³/mol. The Morgan fingerprint density at radius 2 is 2.00 bits per heavy atom. The van der Waals surface area contributed by atoms with E-state index < -0.39 is 5.97 Å². The summed E-state index contributed by atoms with van der Waals surface area (Å²) in [4.78, 5) is 16.4. The van der Waals surface area contributed by atoms with E-state index in [1.807, 2.05) is 31.3 Å². The molecule has 35 heavy (non-hydrogen) atoms. The zero-order valence-electron chi connectivity index (χ0n) is 19.9. The van der Waals surface area contributed by atoms with E-state index in [9.17, 15) is 10.1 Å². The third-order valence-electron chi connectivity index (χ3n) is 6.82. The van der Waals surface area contributed by atoms with Crippen molar-refractivity contribution in [2.75, 3.05) is 6.61 Å². The molecule has 1 unspecified atom stereocenters. The summed E-state index contributed by atoms with van der Waals surface area (Å²) in [5.41, 5.74) is 10.2. The Balaban J connectivity index is 1.57. The second kappa shape index (κ2) is 9.29. The molecule has 0 amide bonds. The Bertz CT molecular complexity index is 1320. The molecule has 0 saturated heterocycles. The minimum absolute atomic E-state index is 0.103. The summed E-state index contributed by atoms with van der Waals surface area (Å²) in [5.74, 6) is 0.381. The average Bonchev–Trinajstić information content (AvgIpc) is 3.49. The molecule has 1 aliphatic carbocycles. The van der Waals surface area contributed by atoms with Crippen LogP contribution in [0.2, 0.25) is 0 Å². The first kappa shape index (κ1) is 22.7. The minimum atomic E-state index is -0.481. The van der Waals surface area contributed by atoms with E-state index in [-0.39, 0.29) is 24.2 Å². The van der Waals surface area contributed by atoms with Gasteiger partial charge in [0.1, 0.15) is 11.6 Å². The van der Waals surface area contributed by atoms with E-state index >= 15 is 0 Å². The number of hydrogen-bond acceptors (Lipinski definition) is 7. The smallest absolute Gasteiger partial charge is 0.374 e. The summed E-state index contributed by atoms with van der Waals surface area (Å²) < 4.78 is 14.4. The maximum atomic E-state index is 12.3. The molecule has 3 aromatic rings. The van der Waals surface area contributed by atoms with Gasteiger partial charge in [0.25, 0.3) is 0 Å². The molecule has 2 N–H and O–H groups in total. The van der Waals surface area contributed by atoms with Crippen LogP contribution < -0.4 is 10.5 Å². The van der Waals surface area contributed by atoms with Crippen LogP contribution >= 0.6 is 0 Å². The largest absolute Gasteiger partial charge is 0.460 e. The molecule has 1 aliphatic heterocycles. The number of benzene rings is 1. The molecule has 9 nitrogen and oxygen atoms in total. The van der Waals surface area contributed by atoms with Crippen molar-refractivity contribution >= 4 is 5.97 Å². The average molecular weight is 473 g/mol. The van der Waals surface area contributed by atoms with Gasteiger partial charge < -0.3 is 15.2 Å². The molecule has 1 saturated carbocycles. The van der Waals surface area contributed by atoms with Crippen LogP contribution in [0.1, 0.15) is 78.3 Å². The van der Waals surface area contributed by atoms with Gasteiger partial charge in [0.05, 0.1) is 23.8 Å². The lowest BCUT2D eigenvalue weighted by molar-refractivity contribution is 0.0510. The van der Waals surface area contributed by atoms with E-state index in [2.05, 4.69) is 11.1 Å². The molecule has 9 heteroatoms. The number of nitriles is 1. The first-order valence-electron chi connectivity index (χ1n) is 12.0. The Morgan fingerprint density at radius 3 is 2.69 bits per heavy atom. The maximum absolute atomic E-state index is 12.3. The van der Waals surface area contributed by atoms with Gasteiger partial charge in [-0.1, -0.05) is 31.4 Å². The molecule has 180 valence electrons. The van der Waals surface area contributed by atoms with E-state index in [0.29, 0.717) is 17.4 Å². The molecule has 5 rings (SSSR count). The molecule has 1 aromatic carbocycles. The zero-order valence-corrected chi connectivity index (χ0v) is 19.9. The number of esters is 1. The van der Waals surface area contributed by atoms with Crippen molar-refractivity contribution in [3.63, 3.8) is 0 Å². The molecular weight excluding hydrogens is 444 g/mol. The number of imidazole rings is 1. The molecule has 0 bridgehead atoms. The van der Waals surface area contributed by atoms with Crippen LogP contribution in [0.4, 0.5) is 0 Å². The van der Waals surface area contributed by atoms with Gasteiger partial charge in [-0.3, -0.25) is 4.57 Å². The van der Waals surface area contributed by atoms with Crippen molar-refractivity contribution in [2.24, 2.45) is 12.8 Å². The fraction of sp³-hybridized carbons (Fsp3) is 0.385. The summed E-state index contributed by atoms with van der Waals surface area (Å²) in [7, 11) is 1.85. The standard InChI is InChI=1S/C26H28N6O3/c1-3-34-26(33)24-29-13-14-32(24)18-11-9-16(10-12-18)20-19(15-27)23(28)35-25-21(20)22(30-31(25)2)17-7-5-4-6-8-17/h9-14,17,20H,3-8,28H2,1-2H3. The van der Waals surface area contributed by atoms with Crippen molar-refractivity contribution in [3.8, 4) is 17.6 Å². The summed E-state index contributed by atoms with van der Waals surface area (Å²) >= 11 is 0. The quantitative estimate of drug-likeness (QED) is 0.556. The highest BCUT2D eigenvalue weighted by Gasteiger charge is 2.38. The number of carbonyl (C=O) groups is 1. The lowest BCUT2D eigenvalue weighted by atomic mass is 9.78. The molecule has 0 radical (unpaired) electrons. The number of hydrogen-bond donors (Lipinski definition) is 1. The van der Waals surface area contributed by atoms with Crippen molar-refractivity contribution in [1.82, 2.24) is 19.3 Å². The summed E-state index contributed by atoms with van der Waals surface area (Å²) in [6.07, 6.45) is 9.02. The third kappa shape index (κ3) is 3.95. The number of nitrogens with zero attached hydrogens (tertiary/aromatic N) is 5. The highest BCUT2D eigenvalue weighted by atomic mass is 16.5. The van der Waals surface area contributed by atoms with Gasteiger partial charge in [0.15, 0.2) is 0 Å². The Labute approximate surface area is 203 Å². The topological polar surface area (TPSA) is 121 Å². The minimum Gasteiger partial charge on any atom is -0.460 e. The van der Waals surface area contributed by atoms with Crippen LogP contribution in [0.15, 0.2) is 48.1 Å². The second-order valence-corrected chi connectivity index (χ2v) is 8.92. The van der Waals surface area contributed by atoms with Gasteiger partial charge in [0, 0.05) is 31.0 Å². The van der Waals surface area contributed by atoms with E-state index in [1.54, 1.807) is 28.6 Å². The van der Waals surface area contributed by atoms with E-state index in [4.69, 9.17) is 20.3 Å². The number of rotatable bonds is 5. The molecular formula is C26H28N6O3. The van der Waals surface area contributed by atoms with Crippen LogP contribution in [0.25, 0.3) is 5.69 Å². The highest BCUT2D eigenvalue weighted by molar-refractivity contribution is 5.86. The highest BCUT2D eigenvalue weighted by Crippen LogP contribution is 2.47. The number of aromatic nitrogens is 4. The summed E-state index contributed by atoms with van der Waals surface area (Å²) in [5, 5.41) is 14.9. The molecule has 1 atom stereocenters. The Kier molecular flexibility index (Phi) is 6.03. The SMILES string of the molecule is CCOC(=O)c1nccn1-c1ccc(C2C(C#N)=C(N)Oc3c2c(C2CCCCC2)nn3C)cc1. The number of fused-ring (bicyclic) bond motifs is 1. The van der Waals surface area contributed by atoms with Gasteiger partial charge in [-0.15, -0.1) is 0 Å². The summed E-state index contributed by atoms with van der Waals surface area (Å²) in [6.45, 7) is 2.03. The number of nitrogens with two attached hydrogens (primary N) is 1. The lowest BCUT2D eigenvalue weighted by Crippen LogP contribution is -2.22. The Morgan fingerprint density at radius 1 is 1.26 bits per heavy atom. The normalized spacial score (nSPS) is 18.0. The lowest BCUT2D eigenvalue weighted by Gasteiger charge is -2.27. The first-order chi connectivity index (χ1) is 17.0. The third-order valence-corrected chi connectivity index (χ3v) is 6.82. The van der Waals surface area contributed by atoms with Gasteiger partial charge in [0.2, 0.25) is 17.6 Å². The van der Waals surface area contributed by atoms with Crippen LogP contribution in [-0.4, -0.2) is 31.9 Å². The second-order valence-electron chi connectivity index (χ2n) is 8.92. The summed E-state index contributed by atoms with van der Waals surface area (Å²) in [6, 6.07) is 9.98. The van der Waals surface area contributed by atoms with Gasteiger partial charge in [-0.2, -0.15) is 10.4 Å². The van der Waals surface area contributed by atoms with E-state index in [1.165, 1.54) is 19.3 Å². The van der Waals surface area contributed by atoms with E-state index in [0.717, 1.165) is 35.3 Å². The van der Waals surface area contributed by atoms with Crippen molar-refractivity contribution in [1.29, 1.82) is 5.26 Å². The van der Waals surface area contributed by atoms with Crippen molar-refractivity contribution in [3.05, 3.63) is 70.8 Å². The number of aryl methyl sites for hydroxylation is 1. The molecule has 3 heterocycles. The number of allylic oxidation sites excluding steroid dienone is 1. The monoisotopic (exact) mass is 472 g/mol. The molecule has 2 aromatic heterocycles. The fourth-order valence-electron chi connectivity index (χ4n) is 5.20. The van der Waals surface area contributed by atoms with Crippen LogP contribution in [0.5, 0.6) is 5.88 Å². The zero-order chi connectivity index (χ0) is 24.5. The fourth-order valence-corrected chi connectivity index (χ4v) is 5.20. The van der Waals surface area contributed by atoms with Gasteiger partial charge >= 0.3 is 5.97 Å². The van der Waals surface area contributed by atoms with Gasteiger partial charge in [-0.25, -0.2) is 14.5 Å². The molecule has 2 aliphatic rings. The first-order valence-corrected chi connectivity index (χ1v) is 12.0.